The van der Waals surface area contributed by atoms with Crippen molar-refractivity contribution < 1.29 is 22.8 Å². The maximum Gasteiger partial charge on any atom is 0.261 e. The van der Waals surface area contributed by atoms with Gasteiger partial charge in [0.1, 0.15) is 23.3 Å². The number of alkyl halides is 1. The van der Waals surface area contributed by atoms with E-state index in [0.29, 0.717) is 54.5 Å². The fraction of sp³-hybridized carbons (Fsp3) is 0.522. The van der Waals surface area contributed by atoms with E-state index in [1.54, 1.807) is 13.0 Å². The fourth-order valence-electron chi connectivity index (χ4n) is 4.69. The summed E-state index contributed by atoms with van der Waals surface area (Å²) in [6.45, 7) is 5.57. The van der Waals surface area contributed by atoms with Crippen molar-refractivity contribution in [1.29, 1.82) is 0 Å². The van der Waals surface area contributed by atoms with Crippen LogP contribution in [0.1, 0.15) is 24.2 Å². The number of hydrogen-bond acceptors (Lipinski definition) is 8. The van der Waals surface area contributed by atoms with Crippen molar-refractivity contribution in [2.45, 2.75) is 44.9 Å². The van der Waals surface area contributed by atoms with E-state index in [0.717, 1.165) is 12.0 Å². The molecule has 0 saturated carbocycles. The highest BCUT2D eigenvalue weighted by atomic mass is 19.1. The van der Waals surface area contributed by atoms with Gasteiger partial charge in [0.2, 0.25) is 0 Å². The summed E-state index contributed by atoms with van der Waals surface area (Å²) in [5.41, 5.74) is 1.50. The van der Waals surface area contributed by atoms with Crippen molar-refractivity contribution >= 4 is 16.7 Å². The van der Waals surface area contributed by atoms with Crippen LogP contribution in [0.4, 0.5) is 14.6 Å². The summed E-state index contributed by atoms with van der Waals surface area (Å²) < 4.78 is 46.3. The van der Waals surface area contributed by atoms with E-state index in [4.69, 9.17) is 14.0 Å². The lowest BCUT2D eigenvalue weighted by Gasteiger charge is -2.37. The van der Waals surface area contributed by atoms with Crippen molar-refractivity contribution in [3.8, 4) is 17.2 Å². The van der Waals surface area contributed by atoms with Gasteiger partial charge in [-0.05, 0) is 38.3 Å². The summed E-state index contributed by atoms with van der Waals surface area (Å²) in [6, 6.07) is 2.95. The molecule has 8 nitrogen and oxygen atoms in total. The molecule has 33 heavy (non-hydrogen) atoms. The van der Waals surface area contributed by atoms with Gasteiger partial charge in [-0.3, -0.25) is 0 Å². The van der Waals surface area contributed by atoms with Crippen molar-refractivity contribution in [2.24, 2.45) is 0 Å². The summed E-state index contributed by atoms with van der Waals surface area (Å²) in [6.07, 6.45) is 0.362. The molecule has 3 aromatic rings. The van der Waals surface area contributed by atoms with Crippen LogP contribution in [-0.4, -0.2) is 66.8 Å². The lowest BCUT2D eigenvalue weighted by molar-refractivity contribution is 0.172. The zero-order chi connectivity index (χ0) is 23.1. The molecule has 0 amide bonds. The number of aryl methyl sites for hydroxylation is 2. The molecule has 3 atom stereocenters. The zero-order valence-electron chi connectivity index (χ0n) is 18.9. The first-order valence-corrected chi connectivity index (χ1v) is 11.2. The van der Waals surface area contributed by atoms with Crippen LogP contribution in [0.15, 0.2) is 16.7 Å². The first kappa shape index (κ1) is 22.0. The van der Waals surface area contributed by atoms with E-state index < -0.39 is 12.0 Å². The van der Waals surface area contributed by atoms with Gasteiger partial charge in [-0.15, -0.1) is 0 Å². The normalized spacial score (nSPS) is 23.4. The number of anilines is 1. The lowest BCUT2D eigenvalue weighted by Crippen LogP contribution is -2.54. The minimum atomic E-state index is -1.12. The molecule has 0 unspecified atom stereocenters. The molecule has 5 rings (SSSR count). The Kier molecular flexibility index (Phi) is 5.88. The number of hydrogen-bond donors (Lipinski definition) is 1. The van der Waals surface area contributed by atoms with Crippen molar-refractivity contribution in [3.63, 3.8) is 0 Å². The summed E-state index contributed by atoms with van der Waals surface area (Å²) in [7, 11) is 1.48. The minimum Gasteiger partial charge on any atom is -0.497 e. The van der Waals surface area contributed by atoms with E-state index in [-0.39, 0.29) is 30.0 Å². The highest BCUT2D eigenvalue weighted by molar-refractivity contribution is 5.93. The van der Waals surface area contributed by atoms with Gasteiger partial charge in [-0.2, -0.15) is 4.98 Å². The summed E-state index contributed by atoms with van der Waals surface area (Å²) >= 11 is 0. The second-order valence-electron chi connectivity index (χ2n) is 8.67. The predicted molar refractivity (Wildman–Crippen MR) is 119 cm³/mol. The molecule has 1 aromatic carbocycles. The molecule has 2 aliphatic heterocycles. The Balaban J connectivity index is 1.55. The van der Waals surface area contributed by atoms with Crippen LogP contribution in [0.5, 0.6) is 5.75 Å². The van der Waals surface area contributed by atoms with Crippen LogP contribution < -0.4 is 15.0 Å². The quantitative estimate of drug-likeness (QED) is 0.622. The molecular formula is C23H27F2N5O3. The van der Waals surface area contributed by atoms with Crippen LogP contribution in [0.3, 0.4) is 0 Å². The number of benzene rings is 1. The van der Waals surface area contributed by atoms with Crippen LogP contribution in [0, 0.1) is 19.7 Å². The van der Waals surface area contributed by atoms with E-state index in [1.165, 1.54) is 13.2 Å². The van der Waals surface area contributed by atoms with Gasteiger partial charge in [0.15, 0.2) is 11.6 Å². The number of methoxy groups -OCH3 is 1. The van der Waals surface area contributed by atoms with Crippen LogP contribution >= 0.6 is 0 Å². The van der Waals surface area contributed by atoms with Crippen LogP contribution in [0.2, 0.25) is 0 Å². The highest BCUT2D eigenvalue weighted by Gasteiger charge is 2.34. The molecule has 4 heterocycles. The van der Waals surface area contributed by atoms with Gasteiger partial charge in [0.05, 0.1) is 25.8 Å². The Bertz CT molecular complexity index is 1160. The first-order valence-electron chi connectivity index (χ1n) is 11.2. The fourth-order valence-corrected chi connectivity index (χ4v) is 4.69. The molecule has 0 spiro atoms. The van der Waals surface area contributed by atoms with Gasteiger partial charge in [0, 0.05) is 36.7 Å². The molecule has 0 aliphatic carbocycles. The second kappa shape index (κ2) is 8.83. The van der Waals surface area contributed by atoms with Gasteiger partial charge in [-0.1, -0.05) is 5.16 Å². The minimum absolute atomic E-state index is 0.126. The Morgan fingerprint density at radius 2 is 2.06 bits per heavy atom. The molecule has 2 saturated heterocycles. The molecule has 1 N–H and O–H groups in total. The largest absolute Gasteiger partial charge is 0.497 e. The van der Waals surface area contributed by atoms with Gasteiger partial charge in [-0.25, -0.2) is 13.8 Å². The summed E-state index contributed by atoms with van der Waals surface area (Å²) in [4.78, 5) is 10.9. The number of aromatic nitrogens is 3. The summed E-state index contributed by atoms with van der Waals surface area (Å²) in [5, 5.41) is 7.88. The van der Waals surface area contributed by atoms with Crippen molar-refractivity contribution in [1.82, 2.24) is 20.4 Å². The Morgan fingerprint density at radius 1 is 1.21 bits per heavy atom. The zero-order valence-corrected chi connectivity index (χ0v) is 18.9. The number of ether oxygens (including phenoxy) is 2. The predicted octanol–water partition coefficient (Wildman–Crippen LogP) is 3.34. The van der Waals surface area contributed by atoms with Crippen molar-refractivity contribution in [2.75, 3.05) is 38.3 Å². The number of nitrogens with zero attached hydrogens (tertiary/aromatic N) is 4. The van der Waals surface area contributed by atoms with Gasteiger partial charge < -0.3 is 24.2 Å². The number of nitrogens with one attached hydrogen (secondary N) is 1. The smallest absolute Gasteiger partial charge is 0.261 e. The number of piperidine rings is 1. The molecule has 0 radical (unpaired) electrons. The molecule has 2 aromatic heterocycles. The maximum absolute atomic E-state index is 15.3. The van der Waals surface area contributed by atoms with E-state index in [1.807, 2.05) is 11.8 Å². The number of pyridine rings is 1. The molecule has 176 valence electrons. The number of fused-ring (bicyclic) bond motifs is 1. The Morgan fingerprint density at radius 3 is 2.73 bits per heavy atom. The average molecular weight is 459 g/mol. The van der Waals surface area contributed by atoms with E-state index in [9.17, 15) is 4.39 Å². The first-order chi connectivity index (χ1) is 15.9. The molecule has 2 aliphatic rings. The highest BCUT2D eigenvalue weighted by Crippen LogP contribution is 2.39. The SMILES string of the molecule is COc1cc(F)c2nc(N3CC[C@H](N[C@@H]4CCOC4)[C@H](F)C3)c(-c3nc(C)no3)c(C)c2c1. The number of halogens is 2. The van der Waals surface area contributed by atoms with Gasteiger partial charge >= 0.3 is 0 Å². The summed E-state index contributed by atoms with van der Waals surface area (Å²) in [5.74, 6) is 1.07. The molecule has 2 fully saturated rings. The second-order valence-corrected chi connectivity index (χ2v) is 8.67. The standard InChI is InChI=1S/C23H27F2N5O3/c1-12-16-8-15(31-3)9-17(24)21(16)28-22(20(12)23-26-13(2)29-33-23)30-6-4-19(18(25)10-30)27-14-5-7-32-11-14/h8-9,14,18-19,27H,4-7,10-11H2,1-3H3/t14-,18-,19+/m1/s1. The lowest BCUT2D eigenvalue weighted by atomic mass is 9.98. The third-order valence-electron chi connectivity index (χ3n) is 6.45. The monoisotopic (exact) mass is 459 g/mol. The average Bonchev–Trinajstić information content (AvgIpc) is 3.47. The van der Waals surface area contributed by atoms with Crippen LogP contribution in [0.25, 0.3) is 22.4 Å². The third kappa shape index (κ3) is 4.13. The molecular weight excluding hydrogens is 432 g/mol. The maximum atomic E-state index is 15.3. The van der Waals surface area contributed by atoms with Crippen LogP contribution in [-0.2, 0) is 4.74 Å². The Labute approximate surface area is 190 Å². The third-order valence-corrected chi connectivity index (χ3v) is 6.45. The van der Waals surface area contributed by atoms with Crippen molar-refractivity contribution in [3.05, 3.63) is 29.3 Å². The topological polar surface area (TPSA) is 85.5 Å². The number of rotatable bonds is 5. The molecule has 0 bridgehead atoms. The Hall–Kier alpha value is -2.85. The van der Waals surface area contributed by atoms with E-state index >= 15 is 4.39 Å². The van der Waals surface area contributed by atoms with E-state index in [2.05, 4.69) is 20.4 Å². The van der Waals surface area contributed by atoms with Gasteiger partial charge in [0.25, 0.3) is 5.89 Å². The molecule has 10 heteroatoms.